The van der Waals surface area contributed by atoms with Gasteiger partial charge in [-0.3, -0.25) is 9.36 Å². The summed E-state index contributed by atoms with van der Waals surface area (Å²) < 4.78 is 45.2. The van der Waals surface area contributed by atoms with Gasteiger partial charge in [0.25, 0.3) is 5.56 Å². The van der Waals surface area contributed by atoms with Crippen molar-refractivity contribution >= 4 is 28.2 Å². The Labute approximate surface area is 181 Å². The van der Waals surface area contributed by atoms with Gasteiger partial charge < -0.3 is 10.0 Å². The maximum atomic E-state index is 14.4. The van der Waals surface area contributed by atoms with Crippen molar-refractivity contribution in [3.05, 3.63) is 87.2 Å². The molecule has 162 valence electrons. The molecule has 1 aromatic heterocycles. The van der Waals surface area contributed by atoms with Crippen LogP contribution < -0.4 is 15.6 Å². The Balaban J connectivity index is 1.61. The van der Waals surface area contributed by atoms with Crippen LogP contribution in [-0.2, 0) is 18.0 Å². The smallest absolute Gasteiger partial charge is 0.254 e. The summed E-state index contributed by atoms with van der Waals surface area (Å²) in [5.74, 6) is -0.450. The number of hydrogen-bond donors (Lipinski definition) is 2. The standard InChI is InChI=1S/C23H23F2N3O2S/c1-13-7-8-19(18(25)9-13)26-22-20(10-14(2)23(29)28(22)3)27-31(30)21-12-17(21)15-5-4-6-16(24)11-15/h4-11,17,21,26-27H,12H2,1-3H3. The molecule has 4 rings (SSSR count). The highest BCUT2D eigenvalue weighted by atomic mass is 32.2. The molecular formula is C23H23F2N3O2S. The monoisotopic (exact) mass is 443 g/mol. The average Bonchev–Trinajstić information content (AvgIpc) is 3.52. The number of aryl methyl sites for hydroxylation is 2. The van der Waals surface area contributed by atoms with Crippen LogP contribution in [0.15, 0.2) is 53.3 Å². The summed E-state index contributed by atoms with van der Waals surface area (Å²) in [6.07, 6.45) is 0.670. The number of nitrogens with one attached hydrogen (secondary N) is 2. The summed E-state index contributed by atoms with van der Waals surface area (Å²) in [6.45, 7) is 3.45. The Kier molecular flexibility index (Phi) is 5.66. The Morgan fingerprint density at radius 3 is 2.55 bits per heavy atom. The molecule has 1 saturated carbocycles. The summed E-state index contributed by atoms with van der Waals surface area (Å²) in [7, 11) is 0.103. The van der Waals surface area contributed by atoms with Crippen molar-refractivity contribution in [1.29, 1.82) is 0 Å². The SMILES string of the molecule is Cc1ccc(Nc2c(NS(=O)C3CC3c3cccc(F)c3)cc(C)c(=O)n2C)c(F)c1. The van der Waals surface area contributed by atoms with Crippen molar-refractivity contribution in [3.63, 3.8) is 0 Å². The molecule has 3 aromatic rings. The molecule has 3 atom stereocenters. The van der Waals surface area contributed by atoms with Crippen LogP contribution in [0.2, 0.25) is 0 Å². The third kappa shape index (κ3) is 4.39. The quantitative estimate of drug-likeness (QED) is 0.583. The van der Waals surface area contributed by atoms with E-state index in [4.69, 9.17) is 0 Å². The zero-order valence-electron chi connectivity index (χ0n) is 17.4. The number of aromatic nitrogens is 1. The minimum absolute atomic E-state index is 0.00335. The summed E-state index contributed by atoms with van der Waals surface area (Å²) in [4.78, 5) is 12.5. The average molecular weight is 444 g/mol. The Morgan fingerprint density at radius 2 is 1.84 bits per heavy atom. The fraction of sp³-hybridized carbons (Fsp3) is 0.261. The molecule has 1 aliphatic rings. The molecule has 2 N–H and O–H groups in total. The lowest BCUT2D eigenvalue weighted by molar-refractivity contribution is 0.625. The van der Waals surface area contributed by atoms with Crippen LogP contribution in [0.5, 0.6) is 0 Å². The highest BCUT2D eigenvalue weighted by molar-refractivity contribution is 7.87. The van der Waals surface area contributed by atoms with Gasteiger partial charge in [0.2, 0.25) is 0 Å². The second kappa shape index (κ2) is 8.26. The van der Waals surface area contributed by atoms with Gasteiger partial charge in [-0.2, -0.15) is 0 Å². The van der Waals surface area contributed by atoms with Crippen molar-refractivity contribution in [2.24, 2.45) is 7.05 Å². The number of pyridine rings is 1. The third-order valence-corrected chi connectivity index (χ3v) is 6.96. The van der Waals surface area contributed by atoms with Crippen LogP contribution in [0.1, 0.15) is 29.0 Å². The lowest BCUT2D eigenvalue weighted by Crippen LogP contribution is -2.24. The molecule has 0 aliphatic heterocycles. The van der Waals surface area contributed by atoms with Crippen molar-refractivity contribution in [2.45, 2.75) is 31.4 Å². The van der Waals surface area contributed by atoms with Crippen LogP contribution >= 0.6 is 0 Å². The largest absolute Gasteiger partial charge is 0.337 e. The molecule has 0 amide bonds. The fourth-order valence-corrected chi connectivity index (χ4v) is 5.01. The highest BCUT2D eigenvalue weighted by Gasteiger charge is 2.43. The van der Waals surface area contributed by atoms with E-state index >= 15 is 0 Å². The molecule has 3 unspecified atom stereocenters. The van der Waals surface area contributed by atoms with Gasteiger partial charge in [0.1, 0.15) is 28.4 Å². The van der Waals surface area contributed by atoms with Crippen LogP contribution in [0.4, 0.5) is 26.0 Å². The van der Waals surface area contributed by atoms with E-state index in [1.165, 1.54) is 22.8 Å². The van der Waals surface area contributed by atoms with Gasteiger partial charge in [-0.25, -0.2) is 13.0 Å². The van der Waals surface area contributed by atoms with Gasteiger partial charge in [0.15, 0.2) is 0 Å². The molecular weight excluding hydrogens is 420 g/mol. The molecule has 1 heterocycles. The van der Waals surface area contributed by atoms with Crippen molar-refractivity contribution < 1.29 is 13.0 Å². The maximum absolute atomic E-state index is 14.4. The van der Waals surface area contributed by atoms with E-state index in [1.807, 2.05) is 6.07 Å². The van der Waals surface area contributed by atoms with Gasteiger partial charge in [0, 0.05) is 18.5 Å². The molecule has 0 saturated heterocycles. The minimum Gasteiger partial charge on any atom is -0.337 e. The van der Waals surface area contributed by atoms with E-state index in [2.05, 4.69) is 10.0 Å². The molecule has 0 bridgehead atoms. The normalized spacial score (nSPS) is 18.5. The van der Waals surface area contributed by atoms with Crippen LogP contribution in [0.3, 0.4) is 0 Å². The van der Waals surface area contributed by atoms with Crippen LogP contribution in [0.25, 0.3) is 0 Å². The topological polar surface area (TPSA) is 63.1 Å². The highest BCUT2D eigenvalue weighted by Crippen LogP contribution is 2.45. The summed E-state index contributed by atoms with van der Waals surface area (Å²) in [6, 6.07) is 12.7. The molecule has 0 spiro atoms. The molecule has 5 nitrogen and oxygen atoms in total. The second-order valence-corrected chi connectivity index (χ2v) is 9.30. The van der Waals surface area contributed by atoms with Gasteiger partial charge in [-0.05, 0) is 61.7 Å². The van der Waals surface area contributed by atoms with Crippen LogP contribution in [0, 0.1) is 25.5 Å². The van der Waals surface area contributed by atoms with Gasteiger partial charge in [-0.1, -0.05) is 18.2 Å². The Morgan fingerprint density at radius 1 is 1.06 bits per heavy atom. The van der Waals surface area contributed by atoms with Crippen molar-refractivity contribution in [1.82, 2.24) is 4.57 Å². The first-order valence-electron chi connectivity index (χ1n) is 9.91. The Hall–Kier alpha value is -3.00. The predicted octanol–water partition coefficient (Wildman–Crippen LogP) is 4.66. The minimum atomic E-state index is -1.47. The molecule has 1 aliphatic carbocycles. The fourth-order valence-electron chi connectivity index (χ4n) is 3.65. The summed E-state index contributed by atoms with van der Waals surface area (Å²) in [5.41, 5.74) is 2.46. The molecule has 0 radical (unpaired) electrons. The zero-order valence-corrected chi connectivity index (χ0v) is 18.2. The lowest BCUT2D eigenvalue weighted by Gasteiger charge is -2.18. The van der Waals surface area contributed by atoms with Gasteiger partial charge in [0.05, 0.1) is 16.6 Å². The number of rotatable bonds is 6. The molecule has 1 fully saturated rings. The molecule has 8 heteroatoms. The van der Waals surface area contributed by atoms with E-state index in [0.29, 0.717) is 23.5 Å². The van der Waals surface area contributed by atoms with E-state index in [1.54, 1.807) is 45.2 Å². The first-order chi connectivity index (χ1) is 14.7. The van der Waals surface area contributed by atoms with E-state index in [9.17, 15) is 17.8 Å². The van der Waals surface area contributed by atoms with Gasteiger partial charge >= 0.3 is 0 Å². The van der Waals surface area contributed by atoms with Crippen molar-refractivity contribution in [3.8, 4) is 0 Å². The van der Waals surface area contributed by atoms with E-state index in [0.717, 1.165) is 11.1 Å². The number of nitrogens with zero attached hydrogens (tertiary/aromatic N) is 1. The predicted molar refractivity (Wildman–Crippen MR) is 120 cm³/mol. The maximum Gasteiger partial charge on any atom is 0.254 e. The first-order valence-corrected chi connectivity index (χ1v) is 11.1. The second-order valence-electron chi connectivity index (χ2n) is 7.90. The number of halogens is 2. The Bertz CT molecular complexity index is 1240. The van der Waals surface area contributed by atoms with Gasteiger partial charge in [-0.15, -0.1) is 0 Å². The number of hydrogen-bond acceptors (Lipinski definition) is 3. The molecule has 31 heavy (non-hydrogen) atoms. The van der Waals surface area contributed by atoms with Crippen molar-refractivity contribution in [2.75, 3.05) is 10.0 Å². The lowest BCUT2D eigenvalue weighted by atomic mass is 10.1. The zero-order chi connectivity index (χ0) is 22.3. The third-order valence-electron chi connectivity index (χ3n) is 5.47. The van der Waals surface area contributed by atoms with Crippen LogP contribution in [-0.4, -0.2) is 14.0 Å². The molecule has 2 aromatic carbocycles. The first kappa shape index (κ1) is 21.2. The number of benzene rings is 2. The van der Waals surface area contributed by atoms with E-state index < -0.39 is 16.8 Å². The number of anilines is 3. The summed E-state index contributed by atoms with van der Waals surface area (Å²) >= 11 is 0. The summed E-state index contributed by atoms with van der Waals surface area (Å²) in [5, 5.41) is 2.78. The van der Waals surface area contributed by atoms with E-state index in [-0.39, 0.29) is 28.2 Å².